The van der Waals surface area contributed by atoms with Crippen molar-refractivity contribution in [2.75, 3.05) is 6.79 Å². The summed E-state index contributed by atoms with van der Waals surface area (Å²) in [7, 11) is -4.16. The van der Waals surface area contributed by atoms with Crippen LogP contribution in [0.3, 0.4) is 0 Å². The van der Waals surface area contributed by atoms with Gasteiger partial charge in [-0.1, -0.05) is 55.8 Å². The highest BCUT2D eigenvalue weighted by atomic mass is 32.2. The lowest BCUT2D eigenvalue weighted by Crippen LogP contribution is -2.36. The van der Waals surface area contributed by atoms with Crippen LogP contribution >= 0.6 is 11.3 Å². The summed E-state index contributed by atoms with van der Waals surface area (Å²) in [6.45, 7) is 2.19. The average molecular weight is 635 g/mol. The van der Waals surface area contributed by atoms with Crippen molar-refractivity contribution in [3.63, 3.8) is 0 Å². The molecule has 2 amide bonds. The van der Waals surface area contributed by atoms with Gasteiger partial charge in [0.05, 0.1) is 12.0 Å². The van der Waals surface area contributed by atoms with Crippen molar-refractivity contribution in [3.8, 4) is 17.2 Å². The van der Waals surface area contributed by atoms with Gasteiger partial charge in [-0.3, -0.25) is 14.4 Å². The lowest BCUT2D eigenvalue weighted by Gasteiger charge is -2.21. The monoisotopic (exact) mass is 634 g/mol. The Labute approximate surface area is 259 Å². The Kier molecular flexibility index (Phi) is 9.95. The quantitative estimate of drug-likeness (QED) is 0.184. The van der Waals surface area contributed by atoms with Crippen LogP contribution in [-0.2, 0) is 32.7 Å². The molecule has 0 radical (unpaired) electrons. The Morgan fingerprint density at radius 2 is 1.82 bits per heavy atom. The number of carbonyl (C=O) groups excluding carboxylic acids is 2. The number of hydroxylamine groups is 1. The number of carbonyl (C=O) groups is 2. The maximum absolute atomic E-state index is 13.5. The predicted molar refractivity (Wildman–Crippen MR) is 165 cm³/mol. The van der Waals surface area contributed by atoms with E-state index in [4.69, 9.17) is 19.0 Å². The molecule has 2 heterocycles. The van der Waals surface area contributed by atoms with Gasteiger partial charge in [-0.15, -0.1) is 11.3 Å². The molecular weight excluding hydrogens is 604 g/mol. The van der Waals surface area contributed by atoms with Crippen molar-refractivity contribution < 1.29 is 37.1 Å². The molecule has 2 N–H and O–H groups in total. The normalized spacial score (nSPS) is 13.0. The summed E-state index contributed by atoms with van der Waals surface area (Å²) in [5.41, 5.74) is 4.69. The third-order valence-electron chi connectivity index (χ3n) is 6.47. The Balaban J connectivity index is 1.37. The number of hydrogen-bond donors (Lipinski definition) is 2. The summed E-state index contributed by atoms with van der Waals surface area (Å²) >= 11 is 1.36. The standard InChI is InChI=1S/C32H30N2O8S2/c1-2-7-23-18-25(31(35)33-41-20-22-8-4-3-5-9-22)12-13-27(23)42-30(24-11-14-28-29(19-24)40-21-39-28)32(36)34-44(37,38)17-15-26-10-6-16-43-26/h3-6,8-19,30H,2,7,20-21H2,1H3,(H,33,35)(H,34,36)/b17-15+. The molecule has 1 aliphatic rings. The summed E-state index contributed by atoms with van der Waals surface area (Å²) in [4.78, 5) is 32.4. The number of fused-ring (bicyclic) bond motifs is 1. The van der Waals surface area contributed by atoms with E-state index in [0.717, 1.165) is 11.0 Å². The highest BCUT2D eigenvalue weighted by Gasteiger charge is 2.29. The molecule has 0 spiro atoms. The molecule has 3 aromatic carbocycles. The van der Waals surface area contributed by atoms with Crippen molar-refractivity contribution in [2.24, 2.45) is 0 Å². The fraction of sp³-hybridized carbons (Fsp3) is 0.188. The van der Waals surface area contributed by atoms with Crippen LogP contribution in [0.2, 0.25) is 0 Å². The number of benzene rings is 3. The van der Waals surface area contributed by atoms with Gasteiger partial charge in [0.2, 0.25) is 12.9 Å². The Hall–Kier alpha value is -4.65. The van der Waals surface area contributed by atoms with Crippen LogP contribution in [0, 0.1) is 0 Å². The van der Waals surface area contributed by atoms with Crippen LogP contribution in [0.15, 0.2) is 89.7 Å². The second-order valence-electron chi connectivity index (χ2n) is 9.72. The molecule has 0 aliphatic carbocycles. The van der Waals surface area contributed by atoms with Crippen LogP contribution in [0.25, 0.3) is 6.08 Å². The molecule has 0 saturated heterocycles. The highest BCUT2D eigenvalue weighted by molar-refractivity contribution is 7.93. The van der Waals surface area contributed by atoms with Gasteiger partial charge in [0.25, 0.3) is 21.8 Å². The topological polar surface area (TPSA) is 129 Å². The minimum atomic E-state index is -4.16. The number of sulfonamides is 1. The van der Waals surface area contributed by atoms with Gasteiger partial charge < -0.3 is 14.2 Å². The first-order chi connectivity index (χ1) is 21.3. The average Bonchev–Trinajstić information content (AvgIpc) is 3.72. The van der Waals surface area contributed by atoms with Gasteiger partial charge in [0.1, 0.15) is 5.75 Å². The smallest absolute Gasteiger partial charge is 0.279 e. The zero-order valence-electron chi connectivity index (χ0n) is 23.7. The number of ether oxygens (including phenoxy) is 3. The maximum Gasteiger partial charge on any atom is 0.279 e. The van der Waals surface area contributed by atoms with E-state index in [9.17, 15) is 18.0 Å². The minimum Gasteiger partial charge on any atom is -0.475 e. The number of rotatable bonds is 13. The third-order valence-corrected chi connectivity index (χ3v) is 8.29. The number of hydrogen-bond acceptors (Lipinski definition) is 9. The van der Waals surface area contributed by atoms with E-state index in [1.54, 1.807) is 48.5 Å². The highest BCUT2D eigenvalue weighted by Crippen LogP contribution is 2.36. The largest absolute Gasteiger partial charge is 0.475 e. The third kappa shape index (κ3) is 8.04. The summed E-state index contributed by atoms with van der Waals surface area (Å²) in [6.07, 6.45) is 1.27. The van der Waals surface area contributed by atoms with Crippen LogP contribution in [0.5, 0.6) is 17.2 Å². The molecule has 1 aromatic heterocycles. The minimum absolute atomic E-state index is 0.0254. The lowest BCUT2D eigenvalue weighted by atomic mass is 10.0. The molecule has 1 atom stereocenters. The van der Waals surface area contributed by atoms with Crippen molar-refractivity contribution in [2.45, 2.75) is 32.5 Å². The van der Waals surface area contributed by atoms with E-state index in [2.05, 4.69) is 10.2 Å². The van der Waals surface area contributed by atoms with E-state index in [1.165, 1.54) is 17.4 Å². The van der Waals surface area contributed by atoms with Crippen LogP contribution in [-0.4, -0.2) is 27.0 Å². The van der Waals surface area contributed by atoms with E-state index < -0.39 is 27.9 Å². The number of nitrogens with one attached hydrogen (secondary N) is 2. The van der Waals surface area contributed by atoms with Gasteiger partial charge in [-0.2, -0.15) is 0 Å². The zero-order chi connectivity index (χ0) is 30.9. The molecule has 228 valence electrons. The molecule has 5 rings (SSSR count). The molecule has 1 aliphatic heterocycles. The van der Waals surface area contributed by atoms with Crippen molar-refractivity contribution >= 4 is 39.3 Å². The van der Waals surface area contributed by atoms with Crippen LogP contribution < -0.4 is 24.4 Å². The van der Waals surface area contributed by atoms with Crippen molar-refractivity contribution in [1.29, 1.82) is 0 Å². The first-order valence-electron chi connectivity index (χ1n) is 13.7. The number of thiophene rings is 1. The van der Waals surface area contributed by atoms with E-state index in [-0.39, 0.29) is 13.4 Å². The molecule has 0 saturated carbocycles. The van der Waals surface area contributed by atoms with E-state index in [0.29, 0.717) is 51.7 Å². The molecule has 44 heavy (non-hydrogen) atoms. The molecule has 4 aromatic rings. The Morgan fingerprint density at radius 1 is 1.00 bits per heavy atom. The zero-order valence-corrected chi connectivity index (χ0v) is 25.4. The van der Waals surface area contributed by atoms with Crippen LogP contribution in [0.1, 0.15) is 51.4 Å². The van der Waals surface area contributed by atoms with Crippen molar-refractivity contribution in [1.82, 2.24) is 10.2 Å². The summed E-state index contributed by atoms with van der Waals surface area (Å²) in [5.74, 6) is -0.133. The van der Waals surface area contributed by atoms with Crippen molar-refractivity contribution in [3.05, 3.63) is 117 Å². The van der Waals surface area contributed by atoms with Gasteiger partial charge in [0, 0.05) is 16.0 Å². The predicted octanol–water partition coefficient (Wildman–Crippen LogP) is 5.53. The summed E-state index contributed by atoms with van der Waals surface area (Å²) < 4.78 is 44.8. The number of aryl methyl sites for hydroxylation is 1. The molecule has 10 nitrogen and oxygen atoms in total. The van der Waals surface area contributed by atoms with Gasteiger partial charge in [-0.25, -0.2) is 18.6 Å². The van der Waals surface area contributed by atoms with Gasteiger partial charge in [0.15, 0.2) is 11.5 Å². The Morgan fingerprint density at radius 3 is 2.59 bits per heavy atom. The second kappa shape index (κ2) is 14.2. The molecular formula is C32H30N2O8S2. The fourth-order valence-corrected chi connectivity index (χ4v) is 5.85. The molecule has 12 heteroatoms. The van der Waals surface area contributed by atoms with E-state index >= 15 is 0 Å². The molecule has 1 unspecified atom stereocenters. The second-order valence-corrected chi connectivity index (χ2v) is 12.3. The van der Waals surface area contributed by atoms with E-state index in [1.807, 2.05) is 42.6 Å². The Bertz CT molecular complexity index is 1740. The summed E-state index contributed by atoms with van der Waals surface area (Å²) in [5, 5.41) is 2.75. The molecule has 0 bridgehead atoms. The van der Waals surface area contributed by atoms with Gasteiger partial charge >= 0.3 is 0 Å². The fourth-order valence-electron chi connectivity index (χ4n) is 4.37. The number of amides is 2. The first kappa shape index (κ1) is 30.8. The SMILES string of the molecule is CCCc1cc(C(=O)NOCc2ccccc2)ccc1OC(C(=O)NS(=O)(=O)/C=C/c1cccs1)c1ccc2c(c1)OCO2. The van der Waals surface area contributed by atoms with Gasteiger partial charge in [-0.05, 0) is 65.4 Å². The molecule has 0 fully saturated rings. The summed E-state index contributed by atoms with van der Waals surface area (Å²) in [6, 6.07) is 22.6. The lowest BCUT2D eigenvalue weighted by molar-refractivity contribution is -0.126. The van der Waals surface area contributed by atoms with Crippen LogP contribution in [0.4, 0.5) is 0 Å². The maximum atomic E-state index is 13.5. The first-order valence-corrected chi connectivity index (χ1v) is 16.2.